The highest BCUT2D eigenvalue weighted by molar-refractivity contribution is 5.87. The van der Waals surface area contributed by atoms with Crippen LogP contribution in [0.5, 0.6) is 0 Å². The molecule has 20 nitrogen and oxygen atoms in total. The van der Waals surface area contributed by atoms with Gasteiger partial charge in [0.15, 0.2) is 12.2 Å². The SMILES string of the molecule is C=C(C)COOCC(COC(=O)C1CCCC([N+](=O)[O-])C1)OC(=O)NC(C)(C)C1CCCC(C(C)(C)NC(=O)OC(COC(=O)C(=C)C)COC(=O)C2CCCC([N+](=O)[O-])C2)C1. The van der Waals surface area contributed by atoms with E-state index in [1.54, 1.807) is 6.92 Å². The first kappa shape index (κ1) is 51.5. The maximum atomic E-state index is 13.4. The zero-order valence-electron chi connectivity index (χ0n) is 37.0. The van der Waals surface area contributed by atoms with Crippen molar-refractivity contribution in [2.75, 3.05) is 33.0 Å². The highest BCUT2D eigenvalue weighted by Gasteiger charge is 2.42. The smallest absolute Gasteiger partial charge is 0.408 e. The number of carbonyl (C=O) groups is 5. The molecule has 0 aliphatic heterocycles. The van der Waals surface area contributed by atoms with Crippen molar-refractivity contribution >= 4 is 30.1 Å². The minimum Gasteiger partial charge on any atom is -0.461 e. The fourth-order valence-corrected chi connectivity index (χ4v) is 8.11. The first-order valence-electron chi connectivity index (χ1n) is 21.4. The Morgan fingerprint density at radius 1 is 0.629 bits per heavy atom. The second-order valence-corrected chi connectivity index (χ2v) is 18.1. The van der Waals surface area contributed by atoms with E-state index in [9.17, 15) is 44.2 Å². The molecule has 20 heteroatoms. The Balaban J connectivity index is 1.59. The van der Waals surface area contributed by atoms with Gasteiger partial charge in [-0.05, 0) is 98.3 Å². The fourth-order valence-electron chi connectivity index (χ4n) is 8.11. The first-order chi connectivity index (χ1) is 29.1. The van der Waals surface area contributed by atoms with E-state index >= 15 is 0 Å². The van der Waals surface area contributed by atoms with Gasteiger partial charge in [0.1, 0.15) is 33.0 Å². The maximum absolute atomic E-state index is 13.4. The third kappa shape index (κ3) is 17.1. The van der Waals surface area contributed by atoms with Crippen molar-refractivity contribution in [3.8, 4) is 0 Å². The Kier molecular flexibility index (Phi) is 20.0. The van der Waals surface area contributed by atoms with Crippen molar-refractivity contribution in [2.45, 2.75) is 154 Å². The van der Waals surface area contributed by atoms with Crippen LogP contribution in [0.2, 0.25) is 0 Å². The van der Waals surface area contributed by atoms with Crippen LogP contribution < -0.4 is 10.6 Å². The van der Waals surface area contributed by atoms with E-state index < -0.39 is 95.4 Å². The van der Waals surface area contributed by atoms with Crippen molar-refractivity contribution in [2.24, 2.45) is 23.7 Å². The summed E-state index contributed by atoms with van der Waals surface area (Å²) in [6.45, 7) is 16.4. The van der Waals surface area contributed by atoms with Crippen molar-refractivity contribution in [1.82, 2.24) is 10.6 Å². The lowest BCUT2D eigenvalue weighted by Gasteiger charge is -2.45. The van der Waals surface area contributed by atoms with Gasteiger partial charge in [0.2, 0.25) is 12.1 Å². The van der Waals surface area contributed by atoms with Crippen molar-refractivity contribution in [3.63, 3.8) is 0 Å². The number of nitrogens with one attached hydrogen (secondary N) is 2. The molecule has 350 valence electrons. The first-order valence-corrected chi connectivity index (χ1v) is 21.4. The van der Waals surface area contributed by atoms with Gasteiger partial charge in [0, 0.05) is 52.2 Å². The lowest BCUT2D eigenvalue weighted by atomic mass is 9.67. The number of esters is 3. The summed E-state index contributed by atoms with van der Waals surface area (Å²) < 4.78 is 27.4. The highest BCUT2D eigenvalue weighted by Crippen LogP contribution is 2.40. The lowest BCUT2D eigenvalue weighted by Crippen LogP contribution is -2.55. The molecule has 8 atom stereocenters. The van der Waals surface area contributed by atoms with Crippen LogP contribution >= 0.6 is 0 Å². The topological polar surface area (TPSA) is 260 Å². The molecular weight excluding hydrogens is 816 g/mol. The minimum absolute atomic E-state index is 0.0439. The van der Waals surface area contributed by atoms with Gasteiger partial charge in [0.25, 0.3) is 0 Å². The van der Waals surface area contributed by atoms with E-state index in [1.165, 1.54) is 6.92 Å². The molecule has 0 aromatic heterocycles. The summed E-state index contributed by atoms with van der Waals surface area (Å²) in [6, 6.07) is -1.67. The molecule has 3 aliphatic carbocycles. The largest absolute Gasteiger partial charge is 0.461 e. The quantitative estimate of drug-likeness (QED) is 0.0186. The molecule has 3 rings (SSSR count). The summed E-state index contributed by atoms with van der Waals surface area (Å²) in [6.07, 6.45) is 1.72. The molecule has 0 heterocycles. The number of hydrogen-bond acceptors (Lipinski definition) is 16. The summed E-state index contributed by atoms with van der Waals surface area (Å²) in [4.78, 5) is 96.9. The van der Waals surface area contributed by atoms with Crippen LogP contribution in [0.25, 0.3) is 0 Å². The number of carbonyl (C=O) groups excluding carboxylic acids is 5. The third-order valence-corrected chi connectivity index (χ3v) is 11.9. The van der Waals surface area contributed by atoms with Crippen LogP contribution in [0, 0.1) is 43.9 Å². The van der Waals surface area contributed by atoms with Gasteiger partial charge in [-0.1, -0.05) is 25.2 Å². The van der Waals surface area contributed by atoms with Gasteiger partial charge in [0.05, 0.1) is 11.8 Å². The van der Waals surface area contributed by atoms with Gasteiger partial charge >= 0.3 is 30.1 Å². The molecule has 0 bridgehead atoms. The number of alkyl carbamates (subject to hydrolysis) is 2. The van der Waals surface area contributed by atoms with Crippen LogP contribution in [-0.2, 0) is 47.8 Å². The van der Waals surface area contributed by atoms with Crippen LogP contribution in [0.1, 0.15) is 119 Å². The monoisotopic (exact) mass is 882 g/mol. The molecule has 2 amide bonds. The summed E-state index contributed by atoms with van der Waals surface area (Å²) in [7, 11) is 0. The molecule has 0 aromatic carbocycles. The van der Waals surface area contributed by atoms with E-state index in [-0.39, 0.29) is 55.0 Å². The van der Waals surface area contributed by atoms with Gasteiger partial charge in [-0.3, -0.25) is 29.8 Å². The van der Waals surface area contributed by atoms with Gasteiger partial charge < -0.3 is 34.3 Å². The standard InChI is InChI=1S/C42H66N4O16/c1-26(2)21-59-60-25-35(24-58-38(49)29-13-10-17-33(19-29)46(54)55)62-40(51)44-42(7,8)31-15-11-14-30(20-31)41(5,6)43-39(50)61-34(22-56-36(47)27(3)4)23-57-37(48)28-12-9-16-32(18-28)45(52)53/h28-35H,1,3,9-25H2,2,4-8H3,(H,43,50)(H,44,51). The Hall–Kier alpha value is -4.85. The lowest BCUT2D eigenvalue weighted by molar-refractivity contribution is -0.527. The molecule has 0 aromatic rings. The molecule has 0 radical (unpaired) electrons. The molecule has 3 aliphatic rings. The molecule has 3 saturated carbocycles. The van der Waals surface area contributed by atoms with Crippen LogP contribution in [0.15, 0.2) is 24.3 Å². The van der Waals surface area contributed by atoms with Crippen molar-refractivity contribution in [3.05, 3.63) is 44.5 Å². The second-order valence-electron chi connectivity index (χ2n) is 18.1. The summed E-state index contributed by atoms with van der Waals surface area (Å²) in [5, 5.41) is 28.5. The number of amides is 2. The summed E-state index contributed by atoms with van der Waals surface area (Å²) in [5.74, 6) is -3.51. The molecule has 8 unspecified atom stereocenters. The van der Waals surface area contributed by atoms with Crippen molar-refractivity contribution < 1.29 is 67.3 Å². The van der Waals surface area contributed by atoms with Crippen LogP contribution in [-0.4, -0.2) is 108 Å². The number of hydrogen-bond donors (Lipinski definition) is 2. The van der Waals surface area contributed by atoms with E-state index in [1.807, 2.05) is 27.7 Å². The third-order valence-electron chi connectivity index (χ3n) is 11.9. The molecule has 3 fully saturated rings. The number of rotatable bonds is 22. The second kappa shape index (κ2) is 24.1. The highest BCUT2D eigenvalue weighted by atomic mass is 17.2. The minimum atomic E-state index is -1.19. The van der Waals surface area contributed by atoms with Crippen molar-refractivity contribution in [1.29, 1.82) is 0 Å². The Bertz CT molecular complexity index is 1620. The molecule has 62 heavy (non-hydrogen) atoms. The molecular formula is C42H66N4O16. The Morgan fingerprint density at radius 3 is 1.47 bits per heavy atom. The number of nitro groups is 2. The predicted octanol–water partition coefficient (Wildman–Crippen LogP) is 5.94. The number of nitrogens with zero attached hydrogens (tertiary/aromatic N) is 2. The Morgan fingerprint density at radius 2 is 1.05 bits per heavy atom. The van der Waals surface area contributed by atoms with Gasteiger partial charge in [-0.15, -0.1) is 0 Å². The fraction of sp³-hybridized carbons (Fsp3) is 0.786. The van der Waals surface area contributed by atoms with Crippen LogP contribution in [0.4, 0.5) is 9.59 Å². The van der Waals surface area contributed by atoms with Gasteiger partial charge in [-0.2, -0.15) is 0 Å². The Labute approximate surface area is 362 Å². The van der Waals surface area contributed by atoms with Crippen LogP contribution in [0.3, 0.4) is 0 Å². The van der Waals surface area contributed by atoms with Gasteiger partial charge in [-0.25, -0.2) is 24.2 Å². The van der Waals surface area contributed by atoms with E-state index in [0.717, 1.165) is 19.3 Å². The van der Waals surface area contributed by atoms with E-state index in [0.29, 0.717) is 50.5 Å². The predicted molar refractivity (Wildman–Crippen MR) is 220 cm³/mol. The summed E-state index contributed by atoms with van der Waals surface area (Å²) >= 11 is 0. The maximum Gasteiger partial charge on any atom is 0.408 e. The average Bonchev–Trinajstić information content (AvgIpc) is 3.21. The molecule has 0 saturated heterocycles. The van der Waals surface area contributed by atoms with E-state index in [4.69, 9.17) is 33.5 Å². The average molecular weight is 883 g/mol. The zero-order chi connectivity index (χ0) is 46.2. The molecule has 2 N–H and O–H groups in total. The molecule has 0 spiro atoms. The number of ether oxygens (including phenoxy) is 5. The normalized spacial score (nSPS) is 23.9. The zero-order valence-corrected chi connectivity index (χ0v) is 37.0. The summed E-state index contributed by atoms with van der Waals surface area (Å²) in [5.41, 5.74) is -0.857. The van der Waals surface area contributed by atoms with E-state index in [2.05, 4.69) is 23.8 Å².